The van der Waals surface area contributed by atoms with Gasteiger partial charge in [-0.25, -0.2) is 14.1 Å². The first-order valence-electron chi connectivity index (χ1n) is 14.5. The van der Waals surface area contributed by atoms with Gasteiger partial charge < -0.3 is 19.5 Å². The second-order valence-electron chi connectivity index (χ2n) is 10.6. The average Bonchev–Trinajstić information content (AvgIpc) is 3.51. The molecule has 0 bridgehead atoms. The van der Waals surface area contributed by atoms with Crippen LogP contribution in [-0.2, 0) is 25.7 Å². The van der Waals surface area contributed by atoms with E-state index in [1.54, 1.807) is 25.1 Å². The van der Waals surface area contributed by atoms with Crippen LogP contribution in [0, 0.1) is 11.7 Å². The van der Waals surface area contributed by atoms with Crippen molar-refractivity contribution in [1.82, 2.24) is 4.57 Å². The first kappa shape index (κ1) is 32.0. The van der Waals surface area contributed by atoms with E-state index in [0.29, 0.717) is 32.7 Å². The van der Waals surface area contributed by atoms with E-state index in [4.69, 9.17) is 14.2 Å². The lowest BCUT2D eigenvalue weighted by Crippen LogP contribution is -2.33. The van der Waals surface area contributed by atoms with E-state index in [-0.39, 0.29) is 24.4 Å². The van der Waals surface area contributed by atoms with Gasteiger partial charge in [0.1, 0.15) is 17.6 Å². The largest absolute Gasteiger partial charge is 0.493 e. The molecule has 4 aromatic rings. The number of fused-ring (bicyclic) bond motifs is 2. The summed E-state index contributed by atoms with van der Waals surface area (Å²) in [6.45, 7) is 1.52. The van der Waals surface area contributed by atoms with Gasteiger partial charge in [-0.05, 0) is 73.2 Å². The molecule has 3 amide bonds. The fraction of sp³-hybridized carbons (Fsp3) is 0.242. The maximum Gasteiger partial charge on any atom is 0.338 e. The highest BCUT2D eigenvalue weighted by Crippen LogP contribution is 2.54. The van der Waals surface area contributed by atoms with Crippen LogP contribution >= 0.6 is 23.1 Å². The van der Waals surface area contributed by atoms with Crippen LogP contribution in [0.15, 0.2) is 76.6 Å². The number of nitrogens with zero attached hydrogens (tertiary/aromatic N) is 2. The smallest absolute Gasteiger partial charge is 0.338 e. The number of hydrogen-bond acceptors (Lipinski definition) is 10. The highest BCUT2D eigenvalue weighted by atomic mass is 32.2. The standard InChI is InChI=1S/C33H28FN3O8S2/c1-4-45-32(41)17-5-12-21(13-6-17)37-29(39)26-25(18-7-14-22(43-2)23(15-18)44-3)28-31(46-27(26)30(37)40)36(33(42)47-28)16-24(38)35-20-10-8-19(34)9-11-20/h5-15,25-27H,4,16H2,1-3H3,(H,35,38). The zero-order valence-electron chi connectivity index (χ0n) is 25.4. The van der Waals surface area contributed by atoms with Crippen molar-refractivity contribution in [3.05, 3.63) is 98.2 Å². The Bertz CT molecular complexity index is 1940. The van der Waals surface area contributed by atoms with Crippen LogP contribution in [0.2, 0.25) is 0 Å². The molecular formula is C33H28FN3O8S2. The Morgan fingerprint density at radius 2 is 1.62 bits per heavy atom. The van der Waals surface area contributed by atoms with Gasteiger partial charge in [-0.2, -0.15) is 0 Å². The van der Waals surface area contributed by atoms with E-state index in [0.717, 1.165) is 28.0 Å². The number of aromatic nitrogens is 1. The Kier molecular flexibility index (Phi) is 8.88. The van der Waals surface area contributed by atoms with Gasteiger partial charge in [0.2, 0.25) is 17.7 Å². The highest BCUT2D eigenvalue weighted by molar-refractivity contribution is 8.00. The van der Waals surface area contributed by atoms with Crippen LogP contribution in [0.5, 0.6) is 11.5 Å². The van der Waals surface area contributed by atoms with Crippen molar-refractivity contribution in [3.8, 4) is 11.5 Å². The number of thiazole rings is 1. The minimum absolute atomic E-state index is 0.199. The zero-order chi connectivity index (χ0) is 33.4. The van der Waals surface area contributed by atoms with E-state index >= 15 is 0 Å². The summed E-state index contributed by atoms with van der Waals surface area (Å²) in [4.78, 5) is 68.1. The number of ether oxygens (including phenoxy) is 3. The zero-order valence-corrected chi connectivity index (χ0v) is 27.0. The molecule has 0 spiro atoms. The molecule has 1 saturated heterocycles. The summed E-state index contributed by atoms with van der Waals surface area (Å²) in [5.74, 6) is -3.26. The van der Waals surface area contributed by atoms with Crippen LogP contribution in [0.1, 0.15) is 33.6 Å². The van der Waals surface area contributed by atoms with Gasteiger partial charge in [-0.15, -0.1) is 0 Å². The normalized spacial score (nSPS) is 18.4. The number of imide groups is 1. The molecule has 0 radical (unpaired) electrons. The third kappa shape index (κ3) is 5.89. The molecule has 1 aromatic heterocycles. The minimum atomic E-state index is -0.932. The van der Waals surface area contributed by atoms with Crippen molar-refractivity contribution < 1.29 is 37.8 Å². The van der Waals surface area contributed by atoms with Crippen molar-refractivity contribution >= 4 is 58.2 Å². The lowest BCUT2D eigenvalue weighted by Gasteiger charge is -2.31. The molecule has 0 aliphatic carbocycles. The lowest BCUT2D eigenvalue weighted by atomic mass is 9.83. The van der Waals surface area contributed by atoms with Crippen LogP contribution in [0.25, 0.3) is 0 Å². The SMILES string of the molecule is CCOC(=O)c1ccc(N2C(=O)C3Sc4c(sc(=O)n4CC(=O)Nc4ccc(F)cc4)C(c4ccc(OC)c(OC)c4)C3C2=O)cc1. The maximum atomic E-state index is 14.2. The molecular weight excluding hydrogens is 650 g/mol. The van der Waals surface area contributed by atoms with Crippen molar-refractivity contribution in [2.75, 3.05) is 31.0 Å². The van der Waals surface area contributed by atoms with Crippen molar-refractivity contribution in [3.63, 3.8) is 0 Å². The Morgan fingerprint density at radius 3 is 2.28 bits per heavy atom. The Morgan fingerprint density at radius 1 is 0.915 bits per heavy atom. The van der Waals surface area contributed by atoms with E-state index in [1.807, 2.05) is 0 Å². The van der Waals surface area contributed by atoms with Crippen molar-refractivity contribution in [2.24, 2.45) is 5.92 Å². The van der Waals surface area contributed by atoms with Gasteiger partial charge in [0.05, 0.1) is 43.0 Å². The molecule has 3 aromatic carbocycles. The fourth-order valence-corrected chi connectivity index (χ4v) is 8.53. The van der Waals surface area contributed by atoms with Crippen LogP contribution in [0.4, 0.5) is 15.8 Å². The van der Waals surface area contributed by atoms with Crippen LogP contribution < -0.4 is 24.6 Å². The molecule has 3 unspecified atom stereocenters. The molecule has 3 heterocycles. The number of anilines is 2. The quantitative estimate of drug-likeness (QED) is 0.198. The number of methoxy groups -OCH3 is 2. The molecule has 3 atom stereocenters. The average molecular weight is 678 g/mol. The summed E-state index contributed by atoms with van der Waals surface area (Å²) in [7, 11) is 2.98. The molecule has 2 aliphatic heterocycles. The molecule has 242 valence electrons. The van der Waals surface area contributed by atoms with Gasteiger partial charge in [0, 0.05) is 16.5 Å². The second-order valence-corrected chi connectivity index (χ2v) is 12.7. The lowest BCUT2D eigenvalue weighted by molar-refractivity contribution is -0.122. The Labute approximate surface area is 276 Å². The summed E-state index contributed by atoms with van der Waals surface area (Å²) in [6, 6.07) is 16.4. The van der Waals surface area contributed by atoms with Gasteiger partial charge in [0.15, 0.2) is 11.5 Å². The Balaban J connectivity index is 1.40. The number of amides is 3. The van der Waals surface area contributed by atoms with E-state index < -0.39 is 51.5 Å². The van der Waals surface area contributed by atoms with E-state index in [2.05, 4.69) is 5.32 Å². The van der Waals surface area contributed by atoms with Gasteiger partial charge in [-0.1, -0.05) is 29.2 Å². The highest BCUT2D eigenvalue weighted by Gasteiger charge is 2.57. The molecule has 1 fully saturated rings. The first-order chi connectivity index (χ1) is 22.6. The number of carbonyl (C=O) groups is 4. The topological polar surface area (TPSA) is 133 Å². The summed E-state index contributed by atoms with van der Waals surface area (Å²) in [6.07, 6.45) is 0. The summed E-state index contributed by atoms with van der Waals surface area (Å²) in [5.41, 5.74) is 1.53. The number of rotatable bonds is 9. The number of hydrogen-bond donors (Lipinski definition) is 1. The first-order valence-corrected chi connectivity index (χ1v) is 16.2. The molecule has 6 rings (SSSR count). The summed E-state index contributed by atoms with van der Waals surface area (Å²) >= 11 is 1.97. The minimum Gasteiger partial charge on any atom is -0.493 e. The monoisotopic (exact) mass is 677 g/mol. The number of halogens is 1. The van der Waals surface area contributed by atoms with Gasteiger partial charge in [-0.3, -0.25) is 23.7 Å². The Hall–Kier alpha value is -4.95. The fourth-order valence-electron chi connectivity index (χ4n) is 5.75. The number of nitrogens with one attached hydrogen (secondary N) is 1. The second kappa shape index (κ2) is 13.0. The van der Waals surface area contributed by atoms with Crippen LogP contribution in [-0.4, -0.2) is 54.3 Å². The number of benzene rings is 3. The predicted molar refractivity (Wildman–Crippen MR) is 173 cm³/mol. The molecule has 47 heavy (non-hydrogen) atoms. The maximum absolute atomic E-state index is 14.2. The predicted octanol–water partition coefficient (Wildman–Crippen LogP) is 4.68. The molecule has 1 N–H and O–H groups in total. The van der Waals surface area contributed by atoms with Crippen molar-refractivity contribution in [1.29, 1.82) is 0 Å². The number of thioether (sulfide) groups is 1. The third-order valence-corrected chi connectivity index (χ3v) is 10.5. The summed E-state index contributed by atoms with van der Waals surface area (Å²) in [5, 5.41) is 2.13. The van der Waals surface area contributed by atoms with Crippen LogP contribution in [0.3, 0.4) is 0 Å². The molecule has 14 heteroatoms. The third-order valence-electron chi connectivity index (χ3n) is 7.88. The molecule has 2 aliphatic rings. The van der Waals surface area contributed by atoms with E-state index in [9.17, 15) is 28.4 Å². The number of carbonyl (C=O) groups excluding carboxylic acids is 4. The molecule has 11 nitrogen and oxygen atoms in total. The van der Waals surface area contributed by atoms with Crippen molar-refractivity contribution in [2.45, 2.75) is 29.7 Å². The number of esters is 1. The summed E-state index contributed by atoms with van der Waals surface area (Å²) < 4.78 is 30.6. The van der Waals surface area contributed by atoms with E-state index in [1.165, 1.54) is 67.3 Å². The van der Waals surface area contributed by atoms with Gasteiger partial charge >= 0.3 is 10.8 Å². The molecule has 0 saturated carbocycles. The van der Waals surface area contributed by atoms with Gasteiger partial charge in [0.25, 0.3) is 0 Å².